The minimum Gasteiger partial charge on any atom is -0.288 e. The predicted octanol–water partition coefficient (Wildman–Crippen LogP) is 6.77. The van der Waals surface area contributed by atoms with Crippen LogP contribution in [0.25, 0.3) is 22.6 Å². The summed E-state index contributed by atoms with van der Waals surface area (Å²) in [4.78, 5) is 25.6. The van der Waals surface area contributed by atoms with Crippen LogP contribution in [0.3, 0.4) is 0 Å². The van der Waals surface area contributed by atoms with Gasteiger partial charge in [-0.3, -0.25) is 9.78 Å². The van der Waals surface area contributed by atoms with Gasteiger partial charge in [0.25, 0.3) is 0 Å². The Labute approximate surface area is 232 Å². The molecule has 208 valence electrons. The number of pyridine rings is 1. The van der Waals surface area contributed by atoms with E-state index in [0.717, 1.165) is 4.68 Å². The number of ketones is 1. The number of rotatable bonds is 6. The summed E-state index contributed by atoms with van der Waals surface area (Å²) in [6.45, 7) is -0.753. The minimum absolute atomic E-state index is 0.0163. The van der Waals surface area contributed by atoms with Gasteiger partial charge in [-0.15, -0.1) is 5.10 Å². The summed E-state index contributed by atoms with van der Waals surface area (Å²) >= 11 is 6.22. The Hall–Kier alpha value is -4.65. The summed E-state index contributed by atoms with van der Waals surface area (Å²) in [7, 11) is 0. The van der Waals surface area contributed by atoms with E-state index in [9.17, 15) is 31.1 Å². The van der Waals surface area contributed by atoms with Crippen molar-refractivity contribution in [1.82, 2.24) is 29.9 Å². The average molecular weight is 589 g/mol. The van der Waals surface area contributed by atoms with E-state index in [1.54, 1.807) is 12.1 Å². The van der Waals surface area contributed by atoms with E-state index in [1.165, 1.54) is 49.2 Å². The van der Waals surface area contributed by atoms with Crippen LogP contribution in [0.2, 0.25) is 5.02 Å². The van der Waals surface area contributed by atoms with Crippen LogP contribution >= 0.6 is 11.6 Å². The van der Waals surface area contributed by atoms with Gasteiger partial charge in [-0.05, 0) is 48.0 Å². The van der Waals surface area contributed by atoms with Crippen LogP contribution in [0.4, 0.5) is 26.3 Å². The SMILES string of the molecule is O=C(c1ccccc1Cl)c1cccnc1-c1nnn(Cc2cc(C(F)(F)F)ccc2C(F)(F)F)c1-c1cncnc1. The highest BCUT2D eigenvalue weighted by molar-refractivity contribution is 6.35. The quantitative estimate of drug-likeness (QED) is 0.161. The van der Waals surface area contributed by atoms with E-state index in [1.807, 2.05) is 0 Å². The Bertz CT molecular complexity index is 1740. The van der Waals surface area contributed by atoms with Crippen molar-refractivity contribution in [2.75, 3.05) is 0 Å². The molecule has 0 saturated heterocycles. The highest BCUT2D eigenvalue weighted by Crippen LogP contribution is 2.38. The zero-order valence-corrected chi connectivity index (χ0v) is 21.2. The number of aromatic nitrogens is 6. The third-order valence-corrected chi connectivity index (χ3v) is 6.35. The van der Waals surface area contributed by atoms with Gasteiger partial charge >= 0.3 is 12.4 Å². The number of carbonyl (C=O) groups excluding carboxylic acids is 1. The van der Waals surface area contributed by atoms with Crippen LogP contribution in [0.5, 0.6) is 0 Å². The number of nitrogens with zero attached hydrogens (tertiary/aromatic N) is 6. The van der Waals surface area contributed by atoms with E-state index in [2.05, 4.69) is 25.3 Å². The second kappa shape index (κ2) is 10.7. The zero-order valence-electron chi connectivity index (χ0n) is 20.4. The molecule has 41 heavy (non-hydrogen) atoms. The molecular weight excluding hydrogens is 574 g/mol. The van der Waals surface area contributed by atoms with Crippen molar-refractivity contribution in [3.8, 4) is 22.6 Å². The van der Waals surface area contributed by atoms with Crippen molar-refractivity contribution in [3.63, 3.8) is 0 Å². The Morgan fingerprint density at radius 2 is 1.56 bits per heavy atom. The first kappa shape index (κ1) is 27.9. The van der Waals surface area contributed by atoms with Gasteiger partial charge in [0.2, 0.25) is 0 Å². The van der Waals surface area contributed by atoms with E-state index < -0.39 is 41.4 Å². The number of halogens is 7. The molecule has 0 atom stereocenters. The van der Waals surface area contributed by atoms with E-state index in [4.69, 9.17) is 11.6 Å². The zero-order chi connectivity index (χ0) is 29.4. The maximum Gasteiger partial charge on any atom is 0.416 e. The summed E-state index contributed by atoms with van der Waals surface area (Å²) in [5.41, 5.74) is -2.78. The molecule has 3 aromatic heterocycles. The average Bonchev–Trinajstić information content (AvgIpc) is 3.35. The Balaban J connectivity index is 1.69. The summed E-state index contributed by atoms with van der Waals surface area (Å²) in [6, 6.07) is 10.4. The summed E-state index contributed by atoms with van der Waals surface area (Å²) in [5.74, 6) is -0.513. The lowest BCUT2D eigenvalue weighted by atomic mass is 9.98. The fraction of sp³-hybridized carbons (Fsp3) is 0.111. The van der Waals surface area contributed by atoms with E-state index in [-0.39, 0.29) is 38.8 Å². The van der Waals surface area contributed by atoms with Gasteiger partial charge in [0.15, 0.2) is 5.78 Å². The highest BCUT2D eigenvalue weighted by atomic mass is 35.5. The third kappa shape index (κ3) is 5.66. The lowest BCUT2D eigenvalue weighted by Crippen LogP contribution is -2.15. The lowest BCUT2D eigenvalue weighted by Gasteiger charge is -2.17. The molecule has 3 heterocycles. The topological polar surface area (TPSA) is 86.5 Å². The van der Waals surface area contributed by atoms with Gasteiger partial charge in [-0.1, -0.05) is 28.9 Å². The molecule has 0 aliphatic rings. The normalized spacial score (nSPS) is 12.0. The fourth-order valence-corrected chi connectivity index (χ4v) is 4.42. The molecule has 0 radical (unpaired) electrons. The summed E-state index contributed by atoms with van der Waals surface area (Å²) < 4.78 is 82.6. The van der Waals surface area contributed by atoms with Gasteiger partial charge in [0.05, 0.1) is 28.3 Å². The van der Waals surface area contributed by atoms with Crippen molar-refractivity contribution in [1.29, 1.82) is 0 Å². The van der Waals surface area contributed by atoms with Gasteiger partial charge in [-0.25, -0.2) is 14.6 Å². The predicted molar refractivity (Wildman–Crippen MR) is 135 cm³/mol. The van der Waals surface area contributed by atoms with Crippen LogP contribution in [-0.2, 0) is 18.9 Å². The molecule has 5 rings (SSSR count). The van der Waals surface area contributed by atoms with Crippen LogP contribution in [0.1, 0.15) is 32.6 Å². The molecule has 0 saturated carbocycles. The van der Waals surface area contributed by atoms with Crippen LogP contribution in [0.15, 0.2) is 79.5 Å². The van der Waals surface area contributed by atoms with Gasteiger partial charge < -0.3 is 0 Å². The second-order valence-corrected chi connectivity index (χ2v) is 9.05. The van der Waals surface area contributed by atoms with Crippen molar-refractivity contribution >= 4 is 17.4 Å². The Morgan fingerprint density at radius 3 is 2.24 bits per heavy atom. The first-order valence-electron chi connectivity index (χ1n) is 11.7. The van der Waals surface area contributed by atoms with Gasteiger partial charge in [0, 0.05) is 29.7 Å². The van der Waals surface area contributed by atoms with Gasteiger partial charge in [-0.2, -0.15) is 26.3 Å². The molecule has 0 bridgehead atoms. The standard InChI is InChI=1S/C27H15ClF6N6O/c28-21-6-2-1-4-18(21)25(41)19-5-3-9-37-22(19)23-24(16-11-35-14-36-12-16)40(39-38-23)13-15-10-17(26(29,30)31)7-8-20(15)27(32,33)34/h1-12,14H,13H2. The number of hydrogen-bond acceptors (Lipinski definition) is 6. The van der Waals surface area contributed by atoms with Crippen molar-refractivity contribution < 1.29 is 31.1 Å². The van der Waals surface area contributed by atoms with E-state index in [0.29, 0.717) is 18.2 Å². The van der Waals surface area contributed by atoms with Crippen LogP contribution in [-0.4, -0.2) is 35.7 Å². The molecule has 0 spiro atoms. The Kier molecular flexibility index (Phi) is 7.30. The maximum atomic E-state index is 13.8. The van der Waals surface area contributed by atoms with Crippen molar-refractivity contribution in [2.24, 2.45) is 0 Å². The van der Waals surface area contributed by atoms with E-state index >= 15 is 0 Å². The molecule has 0 fully saturated rings. The molecule has 7 nitrogen and oxygen atoms in total. The number of hydrogen-bond donors (Lipinski definition) is 0. The summed E-state index contributed by atoms with van der Waals surface area (Å²) in [5, 5.41) is 8.22. The largest absolute Gasteiger partial charge is 0.416 e. The van der Waals surface area contributed by atoms with Crippen molar-refractivity contribution in [3.05, 3.63) is 112 Å². The second-order valence-electron chi connectivity index (χ2n) is 8.65. The number of carbonyl (C=O) groups is 1. The highest BCUT2D eigenvalue weighted by Gasteiger charge is 2.37. The molecule has 0 unspecified atom stereocenters. The molecule has 5 aromatic rings. The minimum atomic E-state index is -4.95. The Morgan fingerprint density at radius 1 is 0.854 bits per heavy atom. The van der Waals surface area contributed by atoms with Crippen LogP contribution < -0.4 is 0 Å². The molecule has 0 N–H and O–H groups in total. The molecule has 0 aliphatic heterocycles. The third-order valence-electron chi connectivity index (χ3n) is 6.02. The molecule has 0 amide bonds. The number of benzene rings is 2. The first-order valence-corrected chi connectivity index (χ1v) is 12.0. The smallest absolute Gasteiger partial charge is 0.288 e. The summed E-state index contributed by atoms with van der Waals surface area (Å²) in [6.07, 6.45) is -4.61. The molecule has 14 heteroatoms. The fourth-order valence-electron chi connectivity index (χ4n) is 4.20. The molecule has 2 aromatic carbocycles. The van der Waals surface area contributed by atoms with Gasteiger partial charge in [0.1, 0.15) is 23.4 Å². The van der Waals surface area contributed by atoms with Crippen LogP contribution in [0, 0.1) is 0 Å². The molecular formula is C27H15ClF6N6O. The number of alkyl halides is 6. The first-order chi connectivity index (χ1) is 19.4. The molecule has 0 aliphatic carbocycles. The van der Waals surface area contributed by atoms with Crippen molar-refractivity contribution in [2.45, 2.75) is 18.9 Å². The maximum absolute atomic E-state index is 13.8. The monoisotopic (exact) mass is 588 g/mol. The lowest BCUT2D eigenvalue weighted by molar-refractivity contribution is -0.141.